The number of nitrogens with zero attached hydrogens (tertiary/aromatic N) is 2. The molecule has 0 radical (unpaired) electrons. The summed E-state index contributed by atoms with van der Waals surface area (Å²) in [6.45, 7) is 8.06. The lowest BCUT2D eigenvalue weighted by atomic mass is 10.1. The van der Waals surface area contributed by atoms with Gasteiger partial charge < -0.3 is 10.6 Å². The van der Waals surface area contributed by atoms with Crippen LogP contribution in [0, 0.1) is 27.7 Å². The lowest BCUT2D eigenvalue weighted by Crippen LogP contribution is -2.15. The van der Waals surface area contributed by atoms with Gasteiger partial charge in [-0.2, -0.15) is 0 Å². The van der Waals surface area contributed by atoms with Crippen molar-refractivity contribution in [2.24, 2.45) is 0 Å². The maximum atomic E-state index is 12.4. The number of carbonyl (C=O) groups excluding carboxylic acids is 1. The molecule has 0 saturated carbocycles. The van der Waals surface area contributed by atoms with Crippen molar-refractivity contribution in [2.45, 2.75) is 27.7 Å². The molecule has 0 saturated heterocycles. The first-order chi connectivity index (χ1) is 12.4. The molecule has 1 aromatic heterocycles. The predicted octanol–water partition coefficient (Wildman–Crippen LogP) is 4.71. The van der Waals surface area contributed by atoms with Crippen LogP contribution >= 0.6 is 0 Å². The SMILES string of the molecule is Cc1ccc(Nc2cnc(C(=O)Nc3c(C)cccc3C)cn2)cc1C. The Morgan fingerprint density at radius 3 is 2.19 bits per heavy atom. The Morgan fingerprint density at radius 2 is 1.58 bits per heavy atom. The van der Waals surface area contributed by atoms with Gasteiger partial charge in [-0.25, -0.2) is 9.97 Å². The summed E-state index contributed by atoms with van der Waals surface area (Å²) in [5.41, 5.74) is 6.50. The molecule has 3 aromatic rings. The smallest absolute Gasteiger partial charge is 0.275 e. The van der Waals surface area contributed by atoms with Crippen molar-refractivity contribution in [3.05, 3.63) is 76.7 Å². The van der Waals surface area contributed by atoms with E-state index in [1.165, 1.54) is 17.3 Å². The van der Waals surface area contributed by atoms with Gasteiger partial charge in [0.15, 0.2) is 0 Å². The van der Waals surface area contributed by atoms with E-state index < -0.39 is 0 Å². The fourth-order valence-electron chi connectivity index (χ4n) is 2.67. The van der Waals surface area contributed by atoms with Crippen LogP contribution in [0.2, 0.25) is 0 Å². The Labute approximate surface area is 153 Å². The highest BCUT2D eigenvalue weighted by Crippen LogP contribution is 2.21. The van der Waals surface area contributed by atoms with E-state index >= 15 is 0 Å². The number of hydrogen-bond acceptors (Lipinski definition) is 4. The summed E-state index contributed by atoms with van der Waals surface area (Å²) in [4.78, 5) is 21.0. The van der Waals surface area contributed by atoms with Gasteiger partial charge in [-0.3, -0.25) is 4.79 Å². The van der Waals surface area contributed by atoms with Crippen molar-refractivity contribution in [1.82, 2.24) is 9.97 Å². The average Bonchev–Trinajstić information content (AvgIpc) is 2.62. The number of carbonyl (C=O) groups is 1. The van der Waals surface area contributed by atoms with Crippen molar-refractivity contribution < 1.29 is 4.79 Å². The monoisotopic (exact) mass is 346 g/mol. The van der Waals surface area contributed by atoms with E-state index in [0.29, 0.717) is 5.82 Å². The molecule has 5 nitrogen and oxygen atoms in total. The molecule has 3 rings (SSSR count). The van der Waals surface area contributed by atoms with Gasteiger partial charge in [-0.1, -0.05) is 24.3 Å². The normalized spacial score (nSPS) is 10.5. The van der Waals surface area contributed by atoms with E-state index in [9.17, 15) is 4.79 Å². The lowest BCUT2D eigenvalue weighted by molar-refractivity contribution is 0.102. The minimum absolute atomic E-state index is 0.271. The molecule has 2 N–H and O–H groups in total. The second kappa shape index (κ2) is 7.35. The van der Waals surface area contributed by atoms with Crippen molar-refractivity contribution in [3.63, 3.8) is 0 Å². The molecule has 1 amide bonds. The van der Waals surface area contributed by atoms with Crippen LogP contribution in [0.5, 0.6) is 0 Å². The lowest BCUT2D eigenvalue weighted by Gasteiger charge is -2.11. The third kappa shape index (κ3) is 3.88. The van der Waals surface area contributed by atoms with E-state index in [1.807, 2.05) is 38.1 Å². The number of nitrogens with one attached hydrogen (secondary N) is 2. The Bertz CT molecular complexity index is 928. The second-order valence-corrected chi connectivity index (χ2v) is 6.43. The number of aromatic nitrogens is 2. The summed E-state index contributed by atoms with van der Waals surface area (Å²) in [6.07, 6.45) is 3.04. The van der Waals surface area contributed by atoms with Crippen LogP contribution in [0.1, 0.15) is 32.7 Å². The molecule has 0 fully saturated rings. The minimum Gasteiger partial charge on any atom is -0.339 e. The summed E-state index contributed by atoms with van der Waals surface area (Å²) in [7, 11) is 0. The highest BCUT2D eigenvalue weighted by Gasteiger charge is 2.11. The van der Waals surface area contributed by atoms with Crippen LogP contribution in [0.25, 0.3) is 0 Å². The molecule has 132 valence electrons. The van der Waals surface area contributed by atoms with Crippen LogP contribution < -0.4 is 10.6 Å². The zero-order valence-electron chi connectivity index (χ0n) is 15.4. The van der Waals surface area contributed by atoms with Crippen LogP contribution in [-0.4, -0.2) is 15.9 Å². The Balaban J connectivity index is 1.72. The van der Waals surface area contributed by atoms with E-state index in [-0.39, 0.29) is 11.6 Å². The van der Waals surface area contributed by atoms with Gasteiger partial charge in [-0.15, -0.1) is 0 Å². The van der Waals surface area contributed by atoms with E-state index in [1.54, 1.807) is 6.20 Å². The number of anilines is 3. The van der Waals surface area contributed by atoms with Crippen molar-refractivity contribution in [3.8, 4) is 0 Å². The largest absolute Gasteiger partial charge is 0.339 e. The second-order valence-electron chi connectivity index (χ2n) is 6.43. The molecule has 0 unspecified atom stereocenters. The molecule has 0 aliphatic rings. The molecule has 0 aliphatic carbocycles. The maximum absolute atomic E-state index is 12.4. The van der Waals surface area contributed by atoms with Crippen LogP contribution in [-0.2, 0) is 0 Å². The first-order valence-corrected chi connectivity index (χ1v) is 8.48. The summed E-state index contributed by atoms with van der Waals surface area (Å²) < 4.78 is 0. The van der Waals surface area contributed by atoms with Gasteiger partial charge in [0.25, 0.3) is 5.91 Å². The molecule has 2 aromatic carbocycles. The molecule has 1 heterocycles. The molecule has 0 atom stereocenters. The van der Waals surface area contributed by atoms with E-state index in [4.69, 9.17) is 0 Å². The summed E-state index contributed by atoms with van der Waals surface area (Å²) in [5, 5.41) is 6.12. The number of rotatable bonds is 4. The number of para-hydroxylation sites is 1. The Morgan fingerprint density at radius 1 is 0.846 bits per heavy atom. The summed E-state index contributed by atoms with van der Waals surface area (Å²) in [6, 6.07) is 12.0. The molecule has 0 bridgehead atoms. The topological polar surface area (TPSA) is 66.9 Å². The Hall–Kier alpha value is -3.21. The quantitative estimate of drug-likeness (QED) is 0.718. The van der Waals surface area contributed by atoms with E-state index in [2.05, 4.69) is 46.6 Å². The fourth-order valence-corrected chi connectivity index (χ4v) is 2.67. The van der Waals surface area contributed by atoms with Gasteiger partial charge in [0, 0.05) is 11.4 Å². The van der Waals surface area contributed by atoms with Crippen molar-refractivity contribution in [1.29, 1.82) is 0 Å². The highest BCUT2D eigenvalue weighted by atomic mass is 16.1. The molecule has 26 heavy (non-hydrogen) atoms. The molecular formula is C21H22N4O. The highest BCUT2D eigenvalue weighted by molar-refractivity contribution is 6.03. The third-order valence-electron chi connectivity index (χ3n) is 4.38. The van der Waals surface area contributed by atoms with Crippen molar-refractivity contribution in [2.75, 3.05) is 10.6 Å². The molecule has 0 spiro atoms. The standard InChI is InChI=1S/C21H22N4O/c1-13-8-9-17(10-16(13)4)24-19-12-22-18(11-23-19)21(26)25-20-14(2)6-5-7-15(20)3/h5-12H,1-4H3,(H,23,24)(H,25,26). The molecule has 5 heteroatoms. The molecular weight excluding hydrogens is 324 g/mol. The number of benzene rings is 2. The van der Waals surface area contributed by atoms with Crippen LogP contribution in [0.3, 0.4) is 0 Å². The summed E-state index contributed by atoms with van der Waals surface area (Å²) >= 11 is 0. The first kappa shape index (κ1) is 17.6. The van der Waals surface area contributed by atoms with Gasteiger partial charge in [0.2, 0.25) is 0 Å². The predicted molar refractivity (Wildman–Crippen MR) is 105 cm³/mol. The third-order valence-corrected chi connectivity index (χ3v) is 4.38. The first-order valence-electron chi connectivity index (χ1n) is 8.48. The molecule has 0 aliphatic heterocycles. The number of amides is 1. The maximum Gasteiger partial charge on any atom is 0.275 e. The van der Waals surface area contributed by atoms with Crippen LogP contribution in [0.15, 0.2) is 48.8 Å². The van der Waals surface area contributed by atoms with Gasteiger partial charge >= 0.3 is 0 Å². The van der Waals surface area contributed by atoms with Gasteiger partial charge in [-0.05, 0) is 62.1 Å². The van der Waals surface area contributed by atoms with Crippen molar-refractivity contribution >= 4 is 23.1 Å². The Kier molecular flexibility index (Phi) is 4.98. The van der Waals surface area contributed by atoms with E-state index in [0.717, 1.165) is 22.5 Å². The minimum atomic E-state index is -0.271. The fraction of sp³-hybridized carbons (Fsp3) is 0.190. The van der Waals surface area contributed by atoms with Gasteiger partial charge in [0.1, 0.15) is 11.5 Å². The summed E-state index contributed by atoms with van der Waals surface area (Å²) in [5.74, 6) is 0.324. The van der Waals surface area contributed by atoms with Crippen LogP contribution in [0.4, 0.5) is 17.2 Å². The number of aryl methyl sites for hydroxylation is 4. The number of hydrogen-bond donors (Lipinski definition) is 2. The average molecular weight is 346 g/mol. The zero-order valence-corrected chi connectivity index (χ0v) is 15.4. The van der Waals surface area contributed by atoms with Gasteiger partial charge in [0.05, 0.1) is 12.4 Å². The zero-order chi connectivity index (χ0) is 18.7.